The van der Waals surface area contributed by atoms with Crippen molar-refractivity contribution in [2.24, 2.45) is 10.2 Å². The van der Waals surface area contributed by atoms with Crippen molar-refractivity contribution < 1.29 is 10.0 Å². The molecule has 0 amide bonds. The largest absolute Gasteiger partial charge is 0.507 e. The first-order valence-corrected chi connectivity index (χ1v) is 8.21. The fraction of sp³-hybridized carbons (Fsp3) is 0.0588. The van der Waals surface area contributed by atoms with Crippen LogP contribution in [0.15, 0.2) is 64.1 Å². The molecule has 0 spiro atoms. The lowest BCUT2D eigenvalue weighted by molar-refractivity contribution is -0.384. The zero-order valence-electron chi connectivity index (χ0n) is 13.2. The first kappa shape index (κ1) is 16.6. The molecule has 1 aromatic heterocycles. The molecule has 1 heterocycles. The van der Waals surface area contributed by atoms with Crippen LogP contribution in [0.4, 0.5) is 5.69 Å². The first-order valence-electron chi connectivity index (χ1n) is 7.33. The van der Waals surface area contributed by atoms with Crippen LogP contribution in [0.3, 0.4) is 0 Å². The van der Waals surface area contributed by atoms with Crippen LogP contribution >= 0.6 is 11.3 Å². The van der Waals surface area contributed by atoms with E-state index in [4.69, 9.17) is 0 Å². The van der Waals surface area contributed by atoms with Gasteiger partial charge in [0.2, 0.25) is 4.80 Å². The second kappa shape index (κ2) is 7.10. The normalized spacial score (nSPS) is 12.0. The molecule has 0 saturated carbocycles. The fourth-order valence-corrected chi connectivity index (χ4v) is 3.08. The second-order valence-corrected chi connectivity index (χ2v) is 6.01. The molecule has 0 saturated heterocycles. The van der Waals surface area contributed by atoms with Crippen LogP contribution in [0.2, 0.25) is 0 Å². The highest BCUT2D eigenvalue weighted by molar-refractivity contribution is 7.07. The number of para-hydroxylation sites is 1. The number of thiazole rings is 1. The van der Waals surface area contributed by atoms with Crippen molar-refractivity contribution in [2.75, 3.05) is 0 Å². The minimum absolute atomic E-state index is 0.0946. The van der Waals surface area contributed by atoms with Gasteiger partial charge in [-0.25, -0.2) is 0 Å². The molecule has 0 aliphatic heterocycles. The summed E-state index contributed by atoms with van der Waals surface area (Å²) in [6, 6.07) is 13.5. The van der Waals surface area contributed by atoms with E-state index in [2.05, 4.69) is 10.2 Å². The van der Waals surface area contributed by atoms with Gasteiger partial charge in [0.15, 0.2) is 0 Å². The van der Waals surface area contributed by atoms with Gasteiger partial charge in [-0.1, -0.05) is 18.2 Å². The number of non-ortho nitro benzene ring substituents is 1. The van der Waals surface area contributed by atoms with Gasteiger partial charge in [0.25, 0.3) is 5.69 Å². The van der Waals surface area contributed by atoms with E-state index in [1.807, 2.05) is 47.2 Å². The molecule has 2 aromatic carbocycles. The Bertz CT molecular complexity index is 1010. The van der Waals surface area contributed by atoms with Crippen LogP contribution < -0.4 is 4.80 Å². The van der Waals surface area contributed by atoms with Gasteiger partial charge in [0.05, 0.1) is 11.1 Å². The molecule has 0 aliphatic carbocycles. The minimum atomic E-state index is -0.528. The number of aromatic nitrogens is 1. The van der Waals surface area contributed by atoms with E-state index in [9.17, 15) is 15.2 Å². The molecule has 3 rings (SSSR count). The lowest BCUT2D eigenvalue weighted by Gasteiger charge is -2.04. The number of nitrogens with zero attached hydrogens (tertiary/aromatic N) is 4. The van der Waals surface area contributed by atoms with Gasteiger partial charge < -0.3 is 5.11 Å². The van der Waals surface area contributed by atoms with E-state index < -0.39 is 4.92 Å². The van der Waals surface area contributed by atoms with E-state index >= 15 is 0 Å². The first-order chi connectivity index (χ1) is 12.1. The summed E-state index contributed by atoms with van der Waals surface area (Å²) >= 11 is 1.43. The summed E-state index contributed by atoms with van der Waals surface area (Å²) < 4.78 is 1.95. The van der Waals surface area contributed by atoms with Crippen LogP contribution in [0.5, 0.6) is 5.75 Å². The SMILES string of the molecule is Cc1csc(=N/N=C/c2cc([N+](=O)[O-])ccc2O)n1-c1ccccc1. The predicted molar refractivity (Wildman–Crippen MR) is 96.3 cm³/mol. The maximum Gasteiger partial charge on any atom is 0.270 e. The minimum Gasteiger partial charge on any atom is -0.507 e. The monoisotopic (exact) mass is 354 g/mol. The molecule has 0 aliphatic rings. The van der Waals surface area contributed by atoms with Crippen molar-refractivity contribution in [3.63, 3.8) is 0 Å². The number of aromatic hydroxyl groups is 1. The highest BCUT2D eigenvalue weighted by atomic mass is 32.1. The molecule has 7 nitrogen and oxygen atoms in total. The topological polar surface area (TPSA) is 93.0 Å². The van der Waals surface area contributed by atoms with Crippen LogP contribution in [0.25, 0.3) is 5.69 Å². The van der Waals surface area contributed by atoms with Crippen molar-refractivity contribution in [1.29, 1.82) is 0 Å². The molecule has 8 heteroatoms. The maximum absolute atomic E-state index is 10.8. The van der Waals surface area contributed by atoms with Gasteiger partial charge in [-0.05, 0) is 25.1 Å². The Labute approximate surface area is 147 Å². The summed E-state index contributed by atoms with van der Waals surface area (Å²) in [6.45, 7) is 1.97. The van der Waals surface area contributed by atoms with Gasteiger partial charge in [-0.3, -0.25) is 14.7 Å². The number of phenolic OH excluding ortho intramolecular Hbond substituents is 1. The van der Waals surface area contributed by atoms with E-state index in [1.54, 1.807) is 0 Å². The molecule has 0 bridgehead atoms. The van der Waals surface area contributed by atoms with E-state index in [0.717, 1.165) is 11.4 Å². The number of rotatable bonds is 4. The number of aryl methyl sites for hydroxylation is 1. The lowest BCUT2D eigenvalue weighted by atomic mass is 10.2. The number of phenols is 1. The van der Waals surface area contributed by atoms with E-state index in [1.165, 1.54) is 35.8 Å². The summed E-state index contributed by atoms with van der Waals surface area (Å²) in [5.74, 6) is -0.0946. The van der Waals surface area contributed by atoms with E-state index in [-0.39, 0.29) is 17.0 Å². The number of nitro groups is 1. The van der Waals surface area contributed by atoms with E-state index in [0.29, 0.717) is 4.80 Å². The molecule has 3 aromatic rings. The van der Waals surface area contributed by atoms with Crippen LogP contribution in [0.1, 0.15) is 11.3 Å². The number of benzene rings is 2. The summed E-state index contributed by atoms with van der Waals surface area (Å²) in [5, 5.41) is 30.7. The summed E-state index contributed by atoms with van der Waals surface area (Å²) in [4.78, 5) is 10.9. The summed E-state index contributed by atoms with van der Waals surface area (Å²) in [5.41, 5.74) is 2.10. The molecule has 0 atom stereocenters. The predicted octanol–water partition coefficient (Wildman–Crippen LogP) is 3.40. The average Bonchev–Trinajstić information content (AvgIpc) is 2.97. The second-order valence-electron chi connectivity index (χ2n) is 5.18. The molecule has 25 heavy (non-hydrogen) atoms. The van der Waals surface area contributed by atoms with Crippen LogP contribution in [-0.4, -0.2) is 20.8 Å². The van der Waals surface area contributed by atoms with Crippen molar-refractivity contribution in [3.8, 4) is 11.4 Å². The highest BCUT2D eigenvalue weighted by Gasteiger charge is 2.08. The molecule has 0 unspecified atom stereocenters. The van der Waals surface area contributed by atoms with Gasteiger partial charge in [-0.2, -0.15) is 5.10 Å². The number of hydrogen-bond acceptors (Lipinski definition) is 6. The molecule has 126 valence electrons. The van der Waals surface area contributed by atoms with Crippen LogP contribution in [0, 0.1) is 17.0 Å². The number of hydrogen-bond donors (Lipinski definition) is 1. The molecule has 0 radical (unpaired) electrons. The van der Waals surface area contributed by atoms with Gasteiger partial charge in [0.1, 0.15) is 5.75 Å². The summed E-state index contributed by atoms with van der Waals surface area (Å²) in [7, 11) is 0. The Morgan fingerprint density at radius 3 is 2.72 bits per heavy atom. The average molecular weight is 354 g/mol. The van der Waals surface area contributed by atoms with Gasteiger partial charge in [0, 0.05) is 34.5 Å². The third kappa shape index (κ3) is 3.64. The summed E-state index contributed by atoms with van der Waals surface area (Å²) in [6.07, 6.45) is 1.30. The van der Waals surface area contributed by atoms with Crippen molar-refractivity contribution in [2.45, 2.75) is 6.92 Å². The molecule has 0 fully saturated rings. The zero-order chi connectivity index (χ0) is 17.8. The third-order valence-electron chi connectivity index (χ3n) is 3.46. The highest BCUT2D eigenvalue weighted by Crippen LogP contribution is 2.21. The quantitative estimate of drug-likeness (QED) is 0.442. The maximum atomic E-state index is 10.8. The van der Waals surface area contributed by atoms with Gasteiger partial charge >= 0.3 is 0 Å². The Hall–Kier alpha value is -3.26. The Morgan fingerprint density at radius 2 is 2.00 bits per heavy atom. The van der Waals surface area contributed by atoms with Crippen molar-refractivity contribution >= 4 is 23.2 Å². The number of nitro benzene ring substituents is 1. The van der Waals surface area contributed by atoms with Crippen molar-refractivity contribution in [1.82, 2.24) is 4.57 Å². The Morgan fingerprint density at radius 1 is 1.24 bits per heavy atom. The standard InChI is InChI=1S/C17H14N4O3S/c1-12-11-25-17(20(12)14-5-3-2-4-6-14)19-18-10-13-9-15(21(23)24)7-8-16(13)22/h2-11,22H,1H3/b18-10+,19-17?. The van der Waals surface area contributed by atoms with Gasteiger partial charge in [-0.15, -0.1) is 16.4 Å². The Balaban J connectivity index is 1.98. The lowest BCUT2D eigenvalue weighted by Crippen LogP contribution is -2.13. The smallest absolute Gasteiger partial charge is 0.270 e. The fourth-order valence-electron chi connectivity index (χ4n) is 2.25. The Kier molecular flexibility index (Phi) is 4.71. The molecule has 1 N–H and O–H groups in total. The molecular weight excluding hydrogens is 340 g/mol. The third-order valence-corrected chi connectivity index (χ3v) is 4.39. The molecular formula is C17H14N4O3S. The zero-order valence-corrected chi connectivity index (χ0v) is 14.1. The van der Waals surface area contributed by atoms with Crippen molar-refractivity contribution in [3.05, 3.63) is 80.1 Å². The van der Waals surface area contributed by atoms with Crippen LogP contribution in [-0.2, 0) is 0 Å².